The molecular weight excluding hydrogens is 435 g/mol. The predicted molar refractivity (Wildman–Crippen MR) is 133 cm³/mol. The fraction of sp³-hybridized carbons (Fsp3) is 0.520. The number of carbonyl (C=O) groups is 2. The molecule has 0 spiro atoms. The number of rotatable bonds is 6. The maximum absolute atomic E-state index is 12.3. The zero-order chi connectivity index (χ0) is 25.3. The van der Waals surface area contributed by atoms with Gasteiger partial charge in [0.25, 0.3) is 0 Å². The van der Waals surface area contributed by atoms with E-state index < -0.39 is 36.0 Å². The molecule has 1 fully saturated rings. The van der Waals surface area contributed by atoms with Crippen LogP contribution in [0.5, 0.6) is 0 Å². The molecule has 0 aliphatic carbocycles. The summed E-state index contributed by atoms with van der Waals surface area (Å²) in [6, 6.07) is 7.55. The van der Waals surface area contributed by atoms with E-state index in [-0.39, 0.29) is 6.54 Å². The van der Waals surface area contributed by atoms with Gasteiger partial charge in [-0.05, 0) is 78.6 Å². The molecule has 8 nitrogen and oxygen atoms in total. The van der Waals surface area contributed by atoms with Crippen molar-refractivity contribution >= 4 is 36.2 Å². The Balaban J connectivity index is 1.90. The van der Waals surface area contributed by atoms with Gasteiger partial charge in [0.05, 0.1) is 17.8 Å². The molecule has 2 N–H and O–H groups in total. The lowest BCUT2D eigenvalue weighted by Crippen LogP contribution is -2.41. The minimum atomic E-state index is -0.644. The van der Waals surface area contributed by atoms with E-state index in [4.69, 9.17) is 18.8 Å². The molecule has 1 aliphatic rings. The summed E-state index contributed by atoms with van der Waals surface area (Å²) >= 11 is 0. The number of hydrogen-bond donors (Lipinski definition) is 2. The van der Waals surface area contributed by atoms with Gasteiger partial charge in [-0.1, -0.05) is 18.2 Å². The molecule has 2 aromatic rings. The van der Waals surface area contributed by atoms with E-state index in [2.05, 4.69) is 10.3 Å². The molecule has 0 radical (unpaired) electrons. The SMILES string of the molecule is CCOC(=O)c1cc2ccc(C=C(CNC(=O)OC(C)(C)C)B3OC(C)(C)C(C)(C)O3)cc2[nH]1. The van der Waals surface area contributed by atoms with Gasteiger partial charge in [-0.25, -0.2) is 9.59 Å². The van der Waals surface area contributed by atoms with Crippen LogP contribution in [0, 0.1) is 0 Å². The highest BCUT2D eigenvalue weighted by Gasteiger charge is 2.52. The lowest BCUT2D eigenvalue weighted by atomic mass is 9.77. The fourth-order valence-electron chi connectivity index (χ4n) is 3.45. The number of amides is 1. The summed E-state index contributed by atoms with van der Waals surface area (Å²) in [5.41, 5.74) is 1.14. The van der Waals surface area contributed by atoms with Gasteiger partial charge in [0.1, 0.15) is 11.3 Å². The van der Waals surface area contributed by atoms with Crippen molar-refractivity contribution in [3.05, 3.63) is 41.0 Å². The lowest BCUT2D eigenvalue weighted by Gasteiger charge is -2.32. The van der Waals surface area contributed by atoms with Gasteiger partial charge in [0.2, 0.25) is 0 Å². The lowest BCUT2D eigenvalue weighted by molar-refractivity contribution is 0.00578. The molecule has 1 aliphatic heterocycles. The first-order valence-electron chi connectivity index (χ1n) is 11.5. The molecule has 2 heterocycles. The Kier molecular flexibility index (Phi) is 7.19. The normalized spacial score (nSPS) is 17.6. The Hall–Kier alpha value is -2.78. The zero-order valence-corrected chi connectivity index (χ0v) is 21.3. The van der Waals surface area contributed by atoms with Gasteiger partial charge >= 0.3 is 19.2 Å². The van der Waals surface area contributed by atoms with E-state index in [0.717, 1.165) is 21.9 Å². The third kappa shape index (κ3) is 6.01. The number of H-pyrrole nitrogens is 1. The first-order chi connectivity index (χ1) is 15.7. The molecule has 0 bridgehead atoms. The van der Waals surface area contributed by atoms with E-state index in [1.165, 1.54) is 0 Å². The summed E-state index contributed by atoms with van der Waals surface area (Å²) in [6.45, 7) is 15.6. The maximum atomic E-state index is 12.3. The van der Waals surface area contributed by atoms with Crippen LogP contribution in [0.4, 0.5) is 4.79 Å². The van der Waals surface area contributed by atoms with Crippen molar-refractivity contribution < 1.29 is 28.4 Å². The average molecular weight is 470 g/mol. The van der Waals surface area contributed by atoms with Crippen molar-refractivity contribution in [2.45, 2.75) is 72.2 Å². The number of carbonyl (C=O) groups excluding carboxylic acids is 2. The fourth-order valence-corrected chi connectivity index (χ4v) is 3.45. The third-order valence-electron chi connectivity index (χ3n) is 5.89. The number of aromatic nitrogens is 1. The van der Waals surface area contributed by atoms with Crippen molar-refractivity contribution in [1.82, 2.24) is 10.3 Å². The van der Waals surface area contributed by atoms with Crippen LogP contribution in [-0.4, -0.2) is 54.1 Å². The standard InChI is InChI=1S/C25H35BN2O6/c1-9-31-21(29)20-14-17-11-10-16(13-19(17)28-20)12-18(15-27-22(30)32-23(2,3)4)26-33-24(5,6)25(7,8)34-26/h10-14,28H,9,15H2,1-8H3,(H,27,30). The summed E-state index contributed by atoms with van der Waals surface area (Å²) in [7, 11) is -0.644. The van der Waals surface area contributed by atoms with Gasteiger partial charge in [-0.2, -0.15) is 0 Å². The summed E-state index contributed by atoms with van der Waals surface area (Å²) in [6.07, 6.45) is 1.40. The predicted octanol–water partition coefficient (Wildman–Crippen LogP) is 4.88. The van der Waals surface area contributed by atoms with E-state index in [1.807, 2.05) is 72.7 Å². The number of benzene rings is 1. The summed E-state index contributed by atoms with van der Waals surface area (Å²) < 4.78 is 22.9. The largest absolute Gasteiger partial charge is 0.492 e. The third-order valence-corrected chi connectivity index (χ3v) is 5.89. The summed E-state index contributed by atoms with van der Waals surface area (Å²) in [4.78, 5) is 27.5. The molecule has 1 amide bonds. The van der Waals surface area contributed by atoms with Crippen LogP contribution >= 0.6 is 0 Å². The molecule has 9 heteroatoms. The second-order valence-electron chi connectivity index (χ2n) is 10.4. The quantitative estimate of drug-likeness (QED) is 0.461. The van der Waals surface area contributed by atoms with Crippen molar-refractivity contribution in [2.75, 3.05) is 13.2 Å². The molecule has 0 atom stereocenters. The van der Waals surface area contributed by atoms with Crippen LogP contribution in [-0.2, 0) is 18.8 Å². The Morgan fingerprint density at radius 1 is 1.12 bits per heavy atom. The Morgan fingerprint density at radius 2 is 1.76 bits per heavy atom. The number of esters is 1. The number of aromatic amines is 1. The van der Waals surface area contributed by atoms with Gasteiger partial charge in [0, 0.05) is 17.4 Å². The van der Waals surface area contributed by atoms with Crippen molar-refractivity contribution in [1.29, 1.82) is 0 Å². The molecule has 1 saturated heterocycles. The van der Waals surface area contributed by atoms with Crippen molar-refractivity contribution in [3.8, 4) is 0 Å². The summed E-state index contributed by atoms with van der Waals surface area (Å²) in [5.74, 6) is -0.393. The summed E-state index contributed by atoms with van der Waals surface area (Å²) in [5, 5.41) is 3.70. The first-order valence-corrected chi connectivity index (χ1v) is 11.5. The van der Waals surface area contributed by atoms with Gasteiger partial charge in [-0.15, -0.1) is 0 Å². The van der Waals surface area contributed by atoms with Crippen LogP contribution in [0.2, 0.25) is 0 Å². The van der Waals surface area contributed by atoms with Crippen molar-refractivity contribution in [2.24, 2.45) is 0 Å². The van der Waals surface area contributed by atoms with Crippen LogP contribution in [0.1, 0.15) is 71.4 Å². The van der Waals surface area contributed by atoms with E-state index in [9.17, 15) is 9.59 Å². The Morgan fingerprint density at radius 3 is 2.35 bits per heavy atom. The maximum Gasteiger partial charge on any atom is 0.492 e. The minimum Gasteiger partial charge on any atom is -0.461 e. The highest BCUT2D eigenvalue weighted by Crippen LogP contribution is 2.38. The van der Waals surface area contributed by atoms with Gasteiger partial charge < -0.3 is 29.1 Å². The smallest absolute Gasteiger partial charge is 0.461 e. The van der Waals surface area contributed by atoms with E-state index >= 15 is 0 Å². The van der Waals surface area contributed by atoms with Crippen LogP contribution < -0.4 is 5.32 Å². The first kappa shape index (κ1) is 25.8. The Bertz CT molecular complexity index is 1080. The number of nitrogens with one attached hydrogen (secondary N) is 2. The van der Waals surface area contributed by atoms with E-state index in [0.29, 0.717) is 12.3 Å². The molecule has 1 aromatic carbocycles. The topological polar surface area (TPSA) is 98.9 Å². The monoisotopic (exact) mass is 470 g/mol. The molecule has 34 heavy (non-hydrogen) atoms. The second-order valence-corrected chi connectivity index (χ2v) is 10.4. The van der Waals surface area contributed by atoms with Gasteiger partial charge in [-0.3, -0.25) is 0 Å². The minimum absolute atomic E-state index is 0.183. The molecular formula is C25H35BN2O6. The van der Waals surface area contributed by atoms with Crippen LogP contribution in [0.3, 0.4) is 0 Å². The second kappa shape index (κ2) is 9.46. The molecule has 0 unspecified atom stereocenters. The number of ether oxygens (including phenoxy) is 2. The van der Waals surface area contributed by atoms with Crippen LogP contribution in [0.15, 0.2) is 29.7 Å². The van der Waals surface area contributed by atoms with E-state index in [1.54, 1.807) is 13.0 Å². The zero-order valence-electron chi connectivity index (χ0n) is 21.3. The van der Waals surface area contributed by atoms with Crippen molar-refractivity contribution in [3.63, 3.8) is 0 Å². The average Bonchev–Trinajstić information content (AvgIpc) is 3.21. The van der Waals surface area contributed by atoms with Gasteiger partial charge in [0.15, 0.2) is 0 Å². The highest BCUT2D eigenvalue weighted by atomic mass is 16.7. The van der Waals surface area contributed by atoms with Crippen LogP contribution in [0.25, 0.3) is 17.0 Å². The number of fused-ring (bicyclic) bond motifs is 1. The Labute approximate surface area is 201 Å². The molecule has 3 rings (SSSR count). The molecule has 1 aromatic heterocycles. The molecule has 0 saturated carbocycles. The molecule has 184 valence electrons. The number of hydrogen-bond acceptors (Lipinski definition) is 6. The highest BCUT2D eigenvalue weighted by molar-refractivity contribution is 6.56. The number of alkyl carbamates (subject to hydrolysis) is 1.